The fourth-order valence-electron chi connectivity index (χ4n) is 5.99. The third-order valence-electron chi connectivity index (χ3n) is 9.13. The van der Waals surface area contributed by atoms with Crippen molar-refractivity contribution in [2.24, 2.45) is 0 Å². The Morgan fingerprint density at radius 1 is 0.391 bits per heavy atom. The standard InChI is InChI=1S/C42H65O3P/c1-37(2,3)28-19-22-34(31(25-28)40(10,11)12)45-46(43,44,35-23-20-29(38(4,5)6)26-32(35)41(13,14)15)36-24-21-30(39(7,8)9)27-33(36)42(16,17)18/h19-27,43-44H,1-18H3. The van der Waals surface area contributed by atoms with Gasteiger partial charge in [0, 0.05) is 0 Å². The SMILES string of the molecule is CC(C)(C)c1ccc(OP(O)(O)(c2ccc(C(C)(C)C)cc2C(C)(C)C)c2ccc(C(C)(C)C)cc2C(C)(C)C)c(C(C)(C)C)c1. The van der Waals surface area contributed by atoms with E-state index in [1.165, 1.54) is 5.56 Å². The fraction of sp³-hybridized carbons (Fsp3) is 0.571. The van der Waals surface area contributed by atoms with Crippen LogP contribution in [0.15, 0.2) is 54.6 Å². The molecule has 0 amide bonds. The molecule has 0 heterocycles. The number of benzene rings is 3. The third kappa shape index (κ3) is 7.75. The molecule has 0 aromatic heterocycles. The van der Waals surface area contributed by atoms with Gasteiger partial charge in [-0.3, -0.25) is 0 Å². The molecule has 256 valence electrons. The normalized spacial score (nSPS) is 15.0. The summed E-state index contributed by atoms with van der Waals surface area (Å²) in [7, 11) is -5.42. The molecule has 0 aliphatic heterocycles. The Kier molecular flexibility index (Phi) is 9.53. The van der Waals surface area contributed by atoms with Gasteiger partial charge in [-0.2, -0.15) is 0 Å². The molecule has 0 aliphatic carbocycles. The van der Waals surface area contributed by atoms with E-state index >= 15 is 0 Å². The molecule has 3 rings (SSSR count). The summed E-state index contributed by atoms with van der Waals surface area (Å²) in [5.41, 5.74) is 4.75. The first kappa shape index (κ1) is 38.3. The van der Waals surface area contributed by atoms with Crippen LogP contribution in [0, 0.1) is 0 Å². The van der Waals surface area contributed by atoms with E-state index < -0.39 is 18.1 Å². The van der Waals surface area contributed by atoms with Gasteiger partial charge in [0.1, 0.15) is 0 Å². The molecule has 0 atom stereocenters. The maximum absolute atomic E-state index is 13.6. The first-order valence-corrected chi connectivity index (χ1v) is 19.0. The van der Waals surface area contributed by atoms with E-state index in [-0.39, 0.29) is 21.7 Å². The quantitative estimate of drug-likeness (QED) is 0.277. The van der Waals surface area contributed by atoms with Crippen molar-refractivity contribution in [1.29, 1.82) is 0 Å². The van der Waals surface area contributed by atoms with Crippen molar-refractivity contribution in [3.63, 3.8) is 0 Å². The van der Waals surface area contributed by atoms with Gasteiger partial charge in [-0.1, -0.05) is 0 Å². The number of rotatable bonds is 4. The van der Waals surface area contributed by atoms with Gasteiger partial charge in [-0.15, -0.1) is 0 Å². The Morgan fingerprint density at radius 3 is 0.957 bits per heavy atom. The zero-order valence-corrected chi connectivity index (χ0v) is 33.3. The summed E-state index contributed by atoms with van der Waals surface area (Å²) in [5, 5.41) is 0.917. The van der Waals surface area contributed by atoms with Gasteiger partial charge in [-0.05, 0) is 0 Å². The summed E-state index contributed by atoms with van der Waals surface area (Å²) >= 11 is 0. The number of hydrogen-bond donors (Lipinski definition) is 2. The first-order valence-electron chi connectivity index (χ1n) is 16.9. The van der Waals surface area contributed by atoms with E-state index in [0.717, 1.165) is 27.8 Å². The molecule has 0 unspecified atom stereocenters. The van der Waals surface area contributed by atoms with Crippen LogP contribution in [0.1, 0.15) is 158 Å². The molecule has 4 heteroatoms. The van der Waals surface area contributed by atoms with Gasteiger partial charge in [-0.25, -0.2) is 0 Å². The molecule has 3 aromatic carbocycles. The zero-order chi connectivity index (χ0) is 35.7. The van der Waals surface area contributed by atoms with Crippen molar-refractivity contribution < 1.29 is 14.3 Å². The van der Waals surface area contributed by atoms with Gasteiger partial charge in [0.05, 0.1) is 0 Å². The summed E-state index contributed by atoms with van der Waals surface area (Å²) in [5.74, 6) is 0.502. The Bertz CT molecular complexity index is 1510. The molecule has 0 spiro atoms. The average molecular weight is 649 g/mol. The van der Waals surface area contributed by atoms with Crippen molar-refractivity contribution in [3.05, 3.63) is 88.0 Å². The average Bonchev–Trinajstić information content (AvgIpc) is 2.85. The summed E-state index contributed by atoms with van der Waals surface area (Å²) in [6.07, 6.45) is 0. The Hall–Kier alpha value is -2.19. The molecular weight excluding hydrogens is 583 g/mol. The molecular formula is C42H65O3P. The van der Waals surface area contributed by atoms with Crippen molar-refractivity contribution >= 4 is 17.9 Å². The van der Waals surface area contributed by atoms with Crippen molar-refractivity contribution in [2.45, 2.75) is 157 Å². The van der Waals surface area contributed by atoms with Crippen LogP contribution in [0.5, 0.6) is 5.75 Å². The van der Waals surface area contributed by atoms with Gasteiger partial charge >= 0.3 is 283 Å². The van der Waals surface area contributed by atoms with Crippen LogP contribution in [-0.4, -0.2) is 9.79 Å². The van der Waals surface area contributed by atoms with Crippen LogP contribution in [0.2, 0.25) is 0 Å². The van der Waals surface area contributed by atoms with E-state index in [4.69, 9.17) is 4.52 Å². The Balaban J connectivity index is 2.62. The summed E-state index contributed by atoms with van der Waals surface area (Å²) in [6.45, 7) is 39.1. The summed E-state index contributed by atoms with van der Waals surface area (Å²) < 4.78 is 7.05. The van der Waals surface area contributed by atoms with Gasteiger partial charge in [0.2, 0.25) is 0 Å². The van der Waals surface area contributed by atoms with E-state index in [0.29, 0.717) is 16.4 Å². The second-order valence-electron chi connectivity index (χ2n) is 19.7. The molecule has 0 radical (unpaired) electrons. The van der Waals surface area contributed by atoms with Crippen molar-refractivity contribution in [3.8, 4) is 5.75 Å². The van der Waals surface area contributed by atoms with E-state index in [2.05, 4.69) is 161 Å². The van der Waals surface area contributed by atoms with E-state index in [9.17, 15) is 9.79 Å². The van der Waals surface area contributed by atoms with Crippen LogP contribution >= 0.6 is 7.28 Å². The minimum absolute atomic E-state index is 0.0765. The van der Waals surface area contributed by atoms with Crippen LogP contribution in [0.3, 0.4) is 0 Å². The number of hydrogen-bond acceptors (Lipinski definition) is 3. The molecule has 2 N–H and O–H groups in total. The fourth-order valence-corrected chi connectivity index (χ4v) is 9.33. The van der Waals surface area contributed by atoms with Crippen LogP contribution < -0.4 is 15.1 Å². The molecule has 0 saturated heterocycles. The van der Waals surface area contributed by atoms with E-state index in [1.807, 2.05) is 18.2 Å². The predicted octanol–water partition coefficient (Wildman–Crippen LogP) is 10.8. The molecule has 0 saturated carbocycles. The van der Waals surface area contributed by atoms with Crippen LogP contribution in [0.4, 0.5) is 0 Å². The third-order valence-corrected chi connectivity index (χ3v) is 12.2. The molecule has 0 aliphatic rings. The Morgan fingerprint density at radius 2 is 0.674 bits per heavy atom. The Labute approximate surface area is 282 Å². The molecule has 46 heavy (non-hydrogen) atoms. The zero-order valence-electron chi connectivity index (χ0n) is 32.4. The van der Waals surface area contributed by atoms with Gasteiger partial charge in [0.15, 0.2) is 0 Å². The second-order valence-corrected chi connectivity index (χ2v) is 22.8. The summed E-state index contributed by atoms with van der Waals surface area (Å²) in [4.78, 5) is 27.3. The summed E-state index contributed by atoms with van der Waals surface area (Å²) in [6, 6.07) is 18.5. The monoisotopic (exact) mass is 648 g/mol. The topological polar surface area (TPSA) is 49.7 Å². The van der Waals surface area contributed by atoms with Crippen LogP contribution in [-0.2, 0) is 32.5 Å². The first-order chi connectivity index (χ1) is 20.3. The van der Waals surface area contributed by atoms with Crippen molar-refractivity contribution in [1.82, 2.24) is 0 Å². The van der Waals surface area contributed by atoms with Crippen molar-refractivity contribution in [2.75, 3.05) is 0 Å². The second kappa shape index (κ2) is 11.5. The van der Waals surface area contributed by atoms with Gasteiger partial charge in [0.25, 0.3) is 0 Å². The van der Waals surface area contributed by atoms with E-state index in [1.54, 1.807) is 0 Å². The molecule has 3 aromatic rings. The predicted molar refractivity (Wildman–Crippen MR) is 203 cm³/mol. The molecule has 0 fully saturated rings. The van der Waals surface area contributed by atoms with Crippen LogP contribution in [0.25, 0.3) is 0 Å². The maximum atomic E-state index is 13.6. The minimum atomic E-state index is -5.42. The molecule has 0 bridgehead atoms. The van der Waals surface area contributed by atoms with Gasteiger partial charge < -0.3 is 0 Å². The molecule has 3 nitrogen and oxygen atoms in total.